The molecule has 0 saturated heterocycles. The van der Waals surface area contributed by atoms with Gasteiger partial charge in [-0.3, -0.25) is 9.59 Å². The van der Waals surface area contributed by atoms with Gasteiger partial charge in [0, 0.05) is 17.4 Å². The molecular formula is C18H15F5N2O2. The Kier molecular flexibility index (Phi) is 5.53. The third-order valence-corrected chi connectivity index (χ3v) is 3.76. The van der Waals surface area contributed by atoms with Crippen LogP contribution in [-0.2, 0) is 15.8 Å². The molecule has 2 amide bonds. The van der Waals surface area contributed by atoms with Gasteiger partial charge in [0.15, 0.2) is 11.6 Å². The minimum Gasteiger partial charge on any atom is -0.325 e. The summed E-state index contributed by atoms with van der Waals surface area (Å²) in [6, 6.07) is 6.60. The van der Waals surface area contributed by atoms with E-state index in [-0.39, 0.29) is 11.4 Å². The Labute approximate surface area is 151 Å². The van der Waals surface area contributed by atoms with Gasteiger partial charge in [-0.15, -0.1) is 0 Å². The zero-order chi connectivity index (χ0) is 20.4. The molecule has 2 rings (SSSR count). The van der Waals surface area contributed by atoms with E-state index in [1.54, 1.807) is 0 Å². The van der Waals surface area contributed by atoms with Crippen molar-refractivity contribution in [2.45, 2.75) is 20.0 Å². The van der Waals surface area contributed by atoms with Crippen molar-refractivity contribution in [2.75, 3.05) is 10.6 Å². The molecule has 0 spiro atoms. The second-order valence-electron chi connectivity index (χ2n) is 6.24. The lowest BCUT2D eigenvalue weighted by molar-refractivity contribution is -0.138. The minimum atomic E-state index is -4.58. The van der Waals surface area contributed by atoms with Gasteiger partial charge in [-0.25, -0.2) is 8.78 Å². The molecular weight excluding hydrogens is 371 g/mol. The highest BCUT2D eigenvalue weighted by atomic mass is 19.4. The maximum Gasteiger partial charge on any atom is 0.416 e. The topological polar surface area (TPSA) is 58.2 Å². The molecule has 9 heteroatoms. The average molecular weight is 386 g/mol. The van der Waals surface area contributed by atoms with E-state index < -0.39 is 40.6 Å². The molecule has 4 nitrogen and oxygen atoms in total. The van der Waals surface area contributed by atoms with Crippen molar-refractivity contribution >= 4 is 23.2 Å². The summed E-state index contributed by atoms with van der Waals surface area (Å²) >= 11 is 0. The van der Waals surface area contributed by atoms with Gasteiger partial charge in [-0.2, -0.15) is 13.2 Å². The summed E-state index contributed by atoms with van der Waals surface area (Å²) in [6.07, 6.45) is -4.58. The van der Waals surface area contributed by atoms with Crippen molar-refractivity contribution in [3.63, 3.8) is 0 Å². The molecule has 0 aliphatic carbocycles. The van der Waals surface area contributed by atoms with Crippen LogP contribution in [0.15, 0.2) is 42.5 Å². The smallest absolute Gasteiger partial charge is 0.325 e. The van der Waals surface area contributed by atoms with Crippen LogP contribution < -0.4 is 10.6 Å². The number of carbonyl (C=O) groups is 2. The highest BCUT2D eigenvalue weighted by Gasteiger charge is 2.37. The lowest BCUT2D eigenvalue weighted by Crippen LogP contribution is -2.41. The van der Waals surface area contributed by atoms with Gasteiger partial charge in [0.05, 0.1) is 5.56 Å². The Morgan fingerprint density at radius 2 is 1.37 bits per heavy atom. The fourth-order valence-corrected chi connectivity index (χ4v) is 2.02. The number of halogens is 5. The molecule has 2 aromatic rings. The van der Waals surface area contributed by atoms with E-state index in [0.717, 1.165) is 36.4 Å². The number of anilines is 2. The fraction of sp³-hybridized carbons (Fsp3) is 0.222. The van der Waals surface area contributed by atoms with Crippen molar-refractivity contribution in [1.29, 1.82) is 0 Å². The number of hydrogen-bond acceptors (Lipinski definition) is 2. The number of amides is 2. The first-order chi connectivity index (χ1) is 12.4. The van der Waals surface area contributed by atoms with Gasteiger partial charge in [0.25, 0.3) is 0 Å². The molecule has 27 heavy (non-hydrogen) atoms. The summed E-state index contributed by atoms with van der Waals surface area (Å²) < 4.78 is 64.3. The number of alkyl halides is 3. The van der Waals surface area contributed by atoms with Crippen LogP contribution in [0.3, 0.4) is 0 Å². The van der Waals surface area contributed by atoms with Gasteiger partial charge in [-0.1, -0.05) is 6.07 Å². The molecule has 0 radical (unpaired) electrons. The van der Waals surface area contributed by atoms with Crippen LogP contribution in [0.5, 0.6) is 0 Å². The summed E-state index contributed by atoms with van der Waals surface area (Å²) in [4.78, 5) is 24.7. The Morgan fingerprint density at radius 1 is 0.815 bits per heavy atom. The summed E-state index contributed by atoms with van der Waals surface area (Å²) in [5.41, 5.74) is -2.87. The lowest BCUT2D eigenvalue weighted by Gasteiger charge is -2.23. The third kappa shape index (κ3) is 4.81. The quantitative estimate of drug-likeness (QED) is 0.597. The SMILES string of the molecule is CC(C)(C(=O)Nc1cccc(C(F)(F)F)c1)C(=O)Nc1ccc(F)c(F)c1. The largest absolute Gasteiger partial charge is 0.416 e. The molecule has 0 saturated carbocycles. The van der Waals surface area contributed by atoms with E-state index in [9.17, 15) is 31.5 Å². The van der Waals surface area contributed by atoms with Crippen molar-refractivity contribution in [3.05, 3.63) is 59.7 Å². The molecule has 0 atom stereocenters. The number of rotatable bonds is 4. The molecule has 0 heterocycles. The van der Waals surface area contributed by atoms with E-state index in [4.69, 9.17) is 0 Å². The van der Waals surface area contributed by atoms with E-state index in [0.29, 0.717) is 0 Å². The predicted octanol–water partition coefficient (Wildman–Crippen LogP) is 4.59. The maximum atomic E-state index is 13.2. The highest BCUT2D eigenvalue weighted by Crippen LogP contribution is 2.31. The van der Waals surface area contributed by atoms with Gasteiger partial charge in [-0.05, 0) is 44.2 Å². The van der Waals surface area contributed by atoms with E-state index in [1.165, 1.54) is 19.9 Å². The van der Waals surface area contributed by atoms with Gasteiger partial charge in [0.2, 0.25) is 11.8 Å². The van der Waals surface area contributed by atoms with Crippen molar-refractivity contribution in [2.24, 2.45) is 5.41 Å². The molecule has 0 aliphatic rings. The van der Waals surface area contributed by atoms with E-state index in [1.807, 2.05) is 0 Å². The number of carbonyl (C=O) groups excluding carboxylic acids is 2. The summed E-state index contributed by atoms with van der Waals surface area (Å²) in [5, 5.41) is 4.51. The van der Waals surface area contributed by atoms with E-state index in [2.05, 4.69) is 10.6 Å². The third-order valence-electron chi connectivity index (χ3n) is 3.76. The van der Waals surface area contributed by atoms with Gasteiger partial charge in [0.1, 0.15) is 5.41 Å². The molecule has 144 valence electrons. The molecule has 0 bridgehead atoms. The predicted molar refractivity (Wildman–Crippen MR) is 88.8 cm³/mol. The second kappa shape index (κ2) is 7.34. The fourth-order valence-electron chi connectivity index (χ4n) is 2.02. The number of benzene rings is 2. The van der Waals surface area contributed by atoms with Crippen molar-refractivity contribution in [1.82, 2.24) is 0 Å². The molecule has 2 N–H and O–H groups in total. The molecule has 0 fully saturated rings. The van der Waals surface area contributed by atoms with E-state index >= 15 is 0 Å². The first-order valence-electron chi connectivity index (χ1n) is 7.66. The average Bonchev–Trinajstić information content (AvgIpc) is 2.57. The number of hydrogen-bond donors (Lipinski definition) is 2. The Bertz CT molecular complexity index is 878. The van der Waals surface area contributed by atoms with Crippen LogP contribution >= 0.6 is 0 Å². The van der Waals surface area contributed by atoms with Crippen LogP contribution in [0.25, 0.3) is 0 Å². The van der Waals surface area contributed by atoms with Gasteiger partial charge < -0.3 is 10.6 Å². The zero-order valence-electron chi connectivity index (χ0n) is 14.2. The number of nitrogens with one attached hydrogen (secondary N) is 2. The molecule has 2 aromatic carbocycles. The Hall–Kier alpha value is -2.97. The first kappa shape index (κ1) is 20.3. The Balaban J connectivity index is 2.14. The summed E-state index contributed by atoms with van der Waals surface area (Å²) in [7, 11) is 0. The first-order valence-corrected chi connectivity index (χ1v) is 7.66. The summed E-state index contributed by atoms with van der Waals surface area (Å²) in [5.74, 6) is -4.01. The minimum absolute atomic E-state index is 0.0705. The van der Waals surface area contributed by atoms with Crippen LogP contribution in [0, 0.1) is 17.0 Å². The monoisotopic (exact) mass is 386 g/mol. The lowest BCUT2D eigenvalue weighted by atomic mass is 9.90. The standard InChI is InChI=1S/C18H15F5N2O2/c1-17(2,16(27)25-12-6-7-13(19)14(20)9-12)15(26)24-11-5-3-4-10(8-11)18(21,22)23/h3-9H,1-2H3,(H,24,26)(H,25,27). The zero-order valence-corrected chi connectivity index (χ0v) is 14.2. The van der Waals surface area contributed by atoms with Crippen LogP contribution in [-0.4, -0.2) is 11.8 Å². The van der Waals surface area contributed by atoms with Crippen LogP contribution in [0.1, 0.15) is 19.4 Å². The van der Waals surface area contributed by atoms with Crippen molar-refractivity contribution < 1.29 is 31.5 Å². The highest BCUT2D eigenvalue weighted by molar-refractivity contribution is 6.14. The molecule has 0 aliphatic heterocycles. The normalized spacial score (nSPS) is 11.8. The van der Waals surface area contributed by atoms with Crippen LogP contribution in [0.2, 0.25) is 0 Å². The molecule has 0 unspecified atom stereocenters. The molecule has 0 aromatic heterocycles. The Morgan fingerprint density at radius 3 is 1.89 bits per heavy atom. The van der Waals surface area contributed by atoms with Crippen LogP contribution in [0.4, 0.5) is 33.3 Å². The second-order valence-corrected chi connectivity index (χ2v) is 6.24. The summed E-state index contributed by atoms with van der Waals surface area (Å²) in [6.45, 7) is 2.48. The maximum absolute atomic E-state index is 13.2. The van der Waals surface area contributed by atoms with Crippen molar-refractivity contribution in [3.8, 4) is 0 Å². The van der Waals surface area contributed by atoms with Gasteiger partial charge >= 0.3 is 6.18 Å².